The molecule has 0 spiro atoms. The van der Waals surface area contributed by atoms with Crippen molar-refractivity contribution >= 4 is 22.8 Å². The first kappa shape index (κ1) is 20.3. The number of ether oxygens (including phenoxy) is 1. The molecule has 1 unspecified atom stereocenters. The van der Waals surface area contributed by atoms with Crippen LogP contribution >= 0.6 is 0 Å². The number of furan rings is 2. The molecule has 0 aliphatic carbocycles. The lowest BCUT2D eigenvalue weighted by atomic mass is 10.2. The standard InChI is InChI=1S/C21H26N4O4/c1-4-23-21(24-12-15-9-10-17(28-15)20(22)26)25-13(3)18-11-14-7-6-8-16(27-5-2)19(14)29-18/h6-11,13H,4-5,12H2,1-3H3,(H2,22,26)(H2,23,24,25). The molecule has 0 saturated heterocycles. The number of guanidine groups is 1. The number of aliphatic imine (C=N–C) groups is 1. The highest BCUT2D eigenvalue weighted by Crippen LogP contribution is 2.31. The molecule has 29 heavy (non-hydrogen) atoms. The molecule has 2 aromatic heterocycles. The molecule has 1 aromatic carbocycles. The first-order chi connectivity index (χ1) is 14.0. The van der Waals surface area contributed by atoms with Crippen LogP contribution in [-0.4, -0.2) is 25.0 Å². The highest BCUT2D eigenvalue weighted by molar-refractivity contribution is 5.89. The van der Waals surface area contributed by atoms with Gasteiger partial charge in [-0.05, 0) is 45.0 Å². The molecule has 0 fully saturated rings. The number of amides is 1. The zero-order valence-corrected chi connectivity index (χ0v) is 16.8. The quantitative estimate of drug-likeness (QED) is 0.396. The molecular formula is C21H26N4O4. The van der Waals surface area contributed by atoms with E-state index in [9.17, 15) is 4.79 Å². The Bertz CT molecular complexity index is 1010. The van der Waals surface area contributed by atoms with E-state index >= 15 is 0 Å². The third-order valence-corrected chi connectivity index (χ3v) is 4.25. The number of nitrogens with zero attached hydrogens (tertiary/aromatic N) is 1. The second-order valence-corrected chi connectivity index (χ2v) is 6.45. The van der Waals surface area contributed by atoms with Crippen molar-refractivity contribution in [3.63, 3.8) is 0 Å². The summed E-state index contributed by atoms with van der Waals surface area (Å²) in [6, 6.07) is 10.9. The summed E-state index contributed by atoms with van der Waals surface area (Å²) in [6.07, 6.45) is 0. The van der Waals surface area contributed by atoms with Gasteiger partial charge in [0.1, 0.15) is 18.1 Å². The molecule has 0 bridgehead atoms. The monoisotopic (exact) mass is 398 g/mol. The number of primary amides is 1. The third kappa shape index (κ3) is 4.90. The Morgan fingerprint density at radius 3 is 2.76 bits per heavy atom. The van der Waals surface area contributed by atoms with Crippen molar-refractivity contribution in [1.29, 1.82) is 0 Å². The number of nitrogens with two attached hydrogens (primary N) is 1. The van der Waals surface area contributed by atoms with Gasteiger partial charge < -0.3 is 29.9 Å². The Morgan fingerprint density at radius 1 is 1.24 bits per heavy atom. The van der Waals surface area contributed by atoms with Crippen molar-refractivity contribution < 1.29 is 18.4 Å². The average molecular weight is 398 g/mol. The van der Waals surface area contributed by atoms with Crippen molar-refractivity contribution in [1.82, 2.24) is 10.6 Å². The van der Waals surface area contributed by atoms with E-state index < -0.39 is 5.91 Å². The zero-order valence-electron chi connectivity index (χ0n) is 16.8. The Morgan fingerprint density at radius 2 is 2.07 bits per heavy atom. The maximum atomic E-state index is 11.1. The number of fused-ring (bicyclic) bond motifs is 1. The molecule has 0 aliphatic heterocycles. The van der Waals surface area contributed by atoms with Gasteiger partial charge in [-0.25, -0.2) is 4.99 Å². The summed E-state index contributed by atoms with van der Waals surface area (Å²) in [5, 5.41) is 7.49. The lowest BCUT2D eigenvalue weighted by Gasteiger charge is -2.15. The van der Waals surface area contributed by atoms with Crippen LogP contribution in [0.1, 0.15) is 48.9 Å². The first-order valence-corrected chi connectivity index (χ1v) is 9.60. The predicted octanol–water partition coefficient (Wildman–Crippen LogP) is 3.34. The van der Waals surface area contributed by atoms with Crippen LogP contribution < -0.4 is 21.1 Å². The van der Waals surface area contributed by atoms with Gasteiger partial charge in [0.25, 0.3) is 5.91 Å². The van der Waals surface area contributed by atoms with Crippen molar-refractivity contribution in [2.45, 2.75) is 33.4 Å². The van der Waals surface area contributed by atoms with E-state index in [1.54, 1.807) is 12.1 Å². The minimum atomic E-state index is -0.602. The minimum absolute atomic E-state index is 0.119. The molecule has 8 heteroatoms. The van der Waals surface area contributed by atoms with Crippen molar-refractivity contribution in [3.05, 3.63) is 53.7 Å². The van der Waals surface area contributed by atoms with Crippen LogP contribution in [0.5, 0.6) is 5.75 Å². The average Bonchev–Trinajstić information content (AvgIpc) is 3.34. The molecule has 1 amide bonds. The number of hydrogen-bond donors (Lipinski definition) is 3. The van der Waals surface area contributed by atoms with E-state index in [2.05, 4.69) is 15.6 Å². The first-order valence-electron chi connectivity index (χ1n) is 9.60. The number of rotatable bonds is 8. The zero-order chi connectivity index (χ0) is 20.8. The maximum Gasteiger partial charge on any atom is 0.284 e. The van der Waals surface area contributed by atoms with Crippen molar-refractivity contribution in [2.24, 2.45) is 10.7 Å². The molecule has 0 radical (unpaired) electrons. The highest BCUT2D eigenvalue weighted by Gasteiger charge is 2.16. The predicted molar refractivity (Wildman–Crippen MR) is 111 cm³/mol. The third-order valence-electron chi connectivity index (χ3n) is 4.25. The summed E-state index contributed by atoms with van der Waals surface area (Å²) >= 11 is 0. The van der Waals surface area contributed by atoms with E-state index in [-0.39, 0.29) is 18.3 Å². The SMILES string of the molecule is CCNC(=NCc1ccc(C(N)=O)o1)NC(C)c1cc2cccc(OCC)c2o1. The topological polar surface area (TPSA) is 115 Å². The fraction of sp³-hybridized carbons (Fsp3) is 0.333. The van der Waals surface area contributed by atoms with Gasteiger partial charge in [0.05, 0.1) is 12.6 Å². The summed E-state index contributed by atoms with van der Waals surface area (Å²) < 4.78 is 17.1. The highest BCUT2D eigenvalue weighted by atomic mass is 16.5. The van der Waals surface area contributed by atoms with Crippen LogP contribution in [-0.2, 0) is 6.54 Å². The molecule has 1 atom stereocenters. The number of carbonyl (C=O) groups excluding carboxylic acids is 1. The Hall–Kier alpha value is -3.42. The molecule has 4 N–H and O–H groups in total. The van der Waals surface area contributed by atoms with Crippen LogP contribution in [0.15, 0.2) is 50.2 Å². The normalized spacial score (nSPS) is 12.7. The second kappa shape index (κ2) is 9.18. The van der Waals surface area contributed by atoms with Crippen LogP contribution in [0.2, 0.25) is 0 Å². The van der Waals surface area contributed by atoms with E-state index in [0.29, 0.717) is 24.9 Å². The summed E-state index contributed by atoms with van der Waals surface area (Å²) in [5.74, 6) is 2.17. The van der Waals surface area contributed by atoms with Gasteiger partial charge >= 0.3 is 0 Å². The van der Waals surface area contributed by atoms with Gasteiger partial charge in [-0.3, -0.25) is 4.79 Å². The van der Waals surface area contributed by atoms with Crippen LogP contribution in [0, 0.1) is 0 Å². The number of carbonyl (C=O) groups is 1. The molecule has 154 valence electrons. The number of para-hydroxylation sites is 1. The lowest BCUT2D eigenvalue weighted by molar-refractivity contribution is 0.0972. The van der Waals surface area contributed by atoms with E-state index in [4.69, 9.17) is 19.3 Å². The van der Waals surface area contributed by atoms with Gasteiger partial charge in [0, 0.05) is 11.9 Å². The van der Waals surface area contributed by atoms with Gasteiger partial charge in [-0.1, -0.05) is 12.1 Å². The molecule has 0 aliphatic rings. The molecule has 3 aromatic rings. The van der Waals surface area contributed by atoms with Crippen LogP contribution in [0.3, 0.4) is 0 Å². The number of benzene rings is 1. The smallest absolute Gasteiger partial charge is 0.284 e. The van der Waals surface area contributed by atoms with Crippen LogP contribution in [0.25, 0.3) is 11.0 Å². The largest absolute Gasteiger partial charge is 0.490 e. The van der Waals surface area contributed by atoms with Crippen LogP contribution in [0.4, 0.5) is 0 Å². The maximum absolute atomic E-state index is 11.1. The summed E-state index contributed by atoms with van der Waals surface area (Å²) in [4.78, 5) is 15.6. The second-order valence-electron chi connectivity index (χ2n) is 6.45. The fourth-order valence-corrected chi connectivity index (χ4v) is 2.89. The lowest BCUT2D eigenvalue weighted by Crippen LogP contribution is -2.38. The Balaban J connectivity index is 1.74. The van der Waals surface area contributed by atoms with Gasteiger partial charge in [0.15, 0.2) is 23.1 Å². The summed E-state index contributed by atoms with van der Waals surface area (Å²) in [6.45, 7) is 7.45. The molecule has 8 nitrogen and oxygen atoms in total. The molecule has 2 heterocycles. The Labute approximate surface area is 169 Å². The minimum Gasteiger partial charge on any atom is -0.490 e. The van der Waals surface area contributed by atoms with Crippen molar-refractivity contribution in [2.75, 3.05) is 13.2 Å². The van der Waals surface area contributed by atoms with Gasteiger partial charge in [-0.2, -0.15) is 0 Å². The summed E-state index contributed by atoms with van der Waals surface area (Å²) in [5.41, 5.74) is 5.94. The molecule has 0 saturated carbocycles. The number of nitrogens with one attached hydrogen (secondary N) is 2. The Kier molecular flexibility index (Phi) is 6.43. The van der Waals surface area contributed by atoms with Crippen molar-refractivity contribution in [3.8, 4) is 5.75 Å². The number of hydrogen-bond acceptors (Lipinski definition) is 5. The fourth-order valence-electron chi connectivity index (χ4n) is 2.89. The van der Waals surface area contributed by atoms with E-state index in [1.807, 2.05) is 45.0 Å². The molecular weight excluding hydrogens is 372 g/mol. The van der Waals surface area contributed by atoms with Gasteiger partial charge in [0.2, 0.25) is 0 Å². The summed E-state index contributed by atoms with van der Waals surface area (Å²) in [7, 11) is 0. The molecule has 3 rings (SSSR count). The van der Waals surface area contributed by atoms with E-state index in [1.165, 1.54) is 0 Å². The van der Waals surface area contributed by atoms with Gasteiger partial charge in [-0.15, -0.1) is 0 Å². The van der Waals surface area contributed by atoms with E-state index in [0.717, 1.165) is 22.5 Å².